The number of para-hydroxylation sites is 2. The average molecular weight is 415 g/mol. The first-order chi connectivity index (χ1) is 13.7. The van der Waals surface area contributed by atoms with Crippen molar-refractivity contribution in [2.24, 2.45) is 0 Å². The summed E-state index contributed by atoms with van der Waals surface area (Å²) in [6, 6.07) is 13.7. The van der Waals surface area contributed by atoms with Crippen molar-refractivity contribution in [2.45, 2.75) is 19.9 Å². The van der Waals surface area contributed by atoms with Gasteiger partial charge in [-0.15, -0.1) is 0 Å². The third-order valence-electron chi connectivity index (χ3n) is 4.93. The van der Waals surface area contributed by atoms with Gasteiger partial charge < -0.3 is 14.8 Å². The summed E-state index contributed by atoms with van der Waals surface area (Å²) in [4.78, 5) is 19.6. The lowest BCUT2D eigenvalue weighted by molar-refractivity contribution is -0.116. The number of aryl methyl sites for hydroxylation is 1. The lowest BCUT2D eigenvalue weighted by atomic mass is 10.2. The van der Waals surface area contributed by atoms with Crippen molar-refractivity contribution in [2.75, 3.05) is 34.8 Å². The van der Waals surface area contributed by atoms with Gasteiger partial charge in [0.1, 0.15) is 12.4 Å². The van der Waals surface area contributed by atoms with Crippen LogP contribution in [0.5, 0.6) is 0 Å². The van der Waals surface area contributed by atoms with Crippen LogP contribution >= 0.6 is 23.4 Å². The number of carbonyl (C=O) groups is 1. The first kappa shape index (κ1) is 19.2. The standard InChI is InChI=1S/C21H23ClN4OS/c1-2-20-24-17-5-3-4-6-19(17)26(20)14-21(27)23-15-7-8-18(16(22)13-15)25-9-11-28-12-10-25/h3-8,13H,2,9-12,14H2,1H3,(H,23,27). The predicted molar refractivity (Wildman–Crippen MR) is 119 cm³/mol. The van der Waals surface area contributed by atoms with Crippen molar-refractivity contribution >= 4 is 51.7 Å². The van der Waals surface area contributed by atoms with Crippen LogP contribution in [-0.2, 0) is 17.8 Å². The summed E-state index contributed by atoms with van der Waals surface area (Å²) in [7, 11) is 0. The highest BCUT2D eigenvalue weighted by Crippen LogP contribution is 2.30. The summed E-state index contributed by atoms with van der Waals surface area (Å²) in [5.41, 5.74) is 3.64. The molecule has 7 heteroatoms. The minimum absolute atomic E-state index is 0.0870. The van der Waals surface area contributed by atoms with Gasteiger partial charge in [0.25, 0.3) is 0 Å². The molecule has 4 rings (SSSR count). The van der Waals surface area contributed by atoms with E-state index in [9.17, 15) is 4.79 Å². The molecule has 3 aromatic rings. The fourth-order valence-corrected chi connectivity index (χ4v) is 4.76. The molecule has 0 spiro atoms. The number of nitrogens with one attached hydrogen (secondary N) is 1. The second-order valence-corrected chi connectivity index (χ2v) is 8.40. The zero-order valence-corrected chi connectivity index (χ0v) is 17.4. The van der Waals surface area contributed by atoms with Gasteiger partial charge in [-0.25, -0.2) is 4.98 Å². The predicted octanol–water partition coefficient (Wildman–Crippen LogP) is 4.44. The molecular formula is C21H23ClN4OS. The fraction of sp³-hybridized carbons (Fsp3) is 0.333. The number of halogens is 1. The molecule has 2 aromatic carbocycles. The second-order valence-electron chi connectivity index (χ2n) is 6.77. The summed E-state index contributed by atoms with van der Waals surface area (Å²) in [5, 5.41) is 3.65. The molecule has 5 nitrogen and oxygen atoms in total. The number of nitrogens with zero attached hydrogens (tertiary/aromatic N) is 3. The molecule has 146 valence electrons. The average Bonchev–Trinajstić information content (AvgIpc) is 3.06. The number of thioether (sulfide) groups is 1. The van der Waals surface area contributed by atoms with E-state index in [-0.39, 0.29) is 12.5 Å². The maximum Gasteiger partial charge on any atom is 0.244 e. The number of hydrogen-bond donors (Lipinski definition) is 1. The Bertz CT molecular complexity index is 997. The van der Waals surface area contributed by atoms with E-state index in [4.69, 9.17) is 11.6 Å². The molecule has 1 aromatic heterocycles. The molecule has 1 aliphatic heterocycles. The zero-order valence-electron chi connectivity index (χ0n) is 15.8. The Morgan fingerprint density at radius 1 is 1.21 bits per heavy atom. The Kier molecular flexibility index (Phi) is 5.78. The Morgan fingerprint density at radius 2 is 2.00 bits per heavy atom. The maximum absolute atomic E-state index is 12.7. The number of carbonyl (C=O) groups excluding carboxylic acids is 1. The molecule has 1 N–H and O–H groups in total. The first-order valence-electron chi connectivity index (χ1n) is 9.52. The molecule has 0 aliphatic carbocycles. The Hall–Kier alpha value is -2.18. The van der Waals surface area contributed by atoms with Crippen molar-refractivity contribution < 1.29 is 4.79 Å². The molecule has 1 fully saturated rings. The maximum atomic E-state index is 12.7. The number of imidazole rings is 1. The van der Waals surface area contributed by atoms with E-state index in [2.05, 4.69) is 15.2 Å². The Morgan fingerprint density at radius 3 is 2.75 bits per heavy atom. The Balaban J connectivity index is 1.49. The normalized spacial score (nSPS) is 14.4. The highest BCUT2D eigenvalue weighted by Gasteiger charge is 2.16. The van der Waals surface area contributed by atoms with Gasteiger partial charge in [0, 0.05) is 36.7 Å². The van der Waals surface area contributed by atoms with Gasteiger partial charge in [0.15, 0.2) is 0 Å². The molecule has 0 radical (unpaired) electrons. The van der Waals surface area contributed by atoms with Gasteiger partial charge in [-0.3, -0.25) is 4.79 Å². The zero-order chi connectivity index (χ0) is 19.5. The summed E-state index contributed by atoms with van der Waals surface area (Å²) < 4.78 is 1.98. The number of aromatic nitrogens is 2. The molecule has 2 heterocycles. The SMILES string of the molecule is CCc1nc2ccccc2n1CC(=O)Nc1ccc(N2CCSCC2)c(Cl)c1. The van der Waals surface area contributed by atoms with Gasteiger partial charge in [0.2, 0.25) is 5.91 Å². The van der Waals surface area contributed by atoms with E-state index in [1.54, 1.807) is 0 Å². The number of anilines is 2. The van der Waals surface area contributed by atoms with Crippen LogP contribution < -0.4 is 10.2 Å². The van der Waals surface area contributed by atoms with E-state index in [0.29, 0.717) is 10.7 Å². The van der Waals surface area contributed by atoms with Crippen molar-refractivity contribution in [1.29, 1.82) is 0 Å². The van der Waals surface area contributed by atoms with Crippen LogP contribution in [0, 0.1) is 0 Å². The van der Waals surface area contributed by atoms with E-state index in [1.807, 2.05) is 65.7 Å². The van der Waals surface area contributed by atoms with Crippen molar-refractivity contribution in [3.8, 4) is 0 Å². The van der Waals surface area contributed by atoms with E-state index < -0.39 is 0 Å². The van der Waals surface area contributed by atoms with Crippen molar-refractivity contribution in [1.82, 2.24) is 9.55 Å². The van der Waals surface area contributed by atoms with E-state index in [1.165, 1.54) is 0 Å². The summed E-state index contributed by atoms with van der Waals surface area (Å²) in [5.74, 6) is 3.06. The third-order valence-corrected chi connectivity index (χ3v) is 6.18. The van der Waals surface area contributed by atoms with Crippen molar-refractivity contribution in [3.05, 3.63) is 53.3 Å². The van der Waals surface area contributed by atoms with Crippen LogP contribution in [0.25, 0.3) is 11.0 Å². The number of fused-ring (bicyclic) bond motifs is 1. The molecule has 0 unspecified atom stereocenters. The first-order valence-corrected chi connectivity index (χ1v) is 11.0. The number of amides is 1. The monoisotopic (exact) mass is 414 g/mol. The van der Waals surface area contributed by atoms with Gasteiger partial charge in [-0.2, -0.15) is 11.8 Å². The summed E-state index contributed by atoms with van der Waals surface area (Å²) in [6.45, 7) is 4.28. The van der Waals surface area contributed by atoms with Crippen LogP contribution in [0.1, 0.15) is 12.7 Å². The molecule has 1 saturated heterocycles. The van der Waals surface area contributed by atoms with Gasteiger partial charge >= 0.3 is 0 Å². The molecule has 0 saturated carbocycles. The highest BCUT2D eigenvalue weighted by molar-refractivity contribution is 7.99. The van der Waals surface area contributed by atoms with Crippen LogP contribution in [0.2, 0.25) is 5.02 Å². The summed E-state index contributed by atoms with van der Waals surface area (Å²) >= 11 is 8.47. The molecule has 28 heavy (non-hydrogen) atoms. The fourth-order valence-electron chi connectivity index (χ4n) is 3.56. The van der Waals surface area contributed by atoms with Crippen LogP contribution in [0.4, 0.5) is 11.4 Å². The van der Waals surface area contributed by atoms with Crippen LogP contribution in [-0.4, -0.2) is 40.1 Å². The molecule has 1 aliphatic rings. The smallest absolute Gasteiger partial charge is 0.244 e. The third kappa shape index (κ3) is 3.98. The van der Waals surface area contributed by atoms with Gasteiger partial charge in [-0.05, 0) is 30.3 Å². The van der Waals surface area contributed by atoms with Gasteiger partial charge in [0.05, 0.1) is 21.7 Å². The highest BCUT2D eigenvalue weighted by atomic mass is 35.5. The largest absolute Gasteiger partial charge is 0.369 e. The quantitative estimate of drug-likeness (QED) is 0.670. The number of hydrogen-bond acceptors (Lipinski definition) is 4. The number of benzene rings is 2. The molecule has 1 amide bonds. The Labute approximate surface area is 174 Å². The van der Waals surface area contributed by atoms with Gasteiger partial charge in [-0.1, -0.05) is 30.7 Å². The van der Waals surface area contributed by atoms with Crippen LogP contribution in [0.15, 0.2) is 42.5 Å². The minimum atomic E-state index is -0.0870. The van der Waals surface area contributed by atoms with Crippen LogP contribution in [0.3, 0.4) is 0 Å². The lowest BCUT2D eigenvalue weighted by Crippen LogP contribution is -2.32. The van der Waals surface area contributed by atoms with E-state index in [0.717, 1.165) is 53.6 Å². The second kappa shape index (κ2) is 8.45. The minimum Gasteiger partial charge on any atom is -0.369 e. The summed E-state index contributed by atoms with van der Waals surface area (Å²) in [6.07, 6.45) is 0.774. The molecular weight excluding hydrogens is 392 g/mol. The topological polar surface area (TPSA) is 50.2 Å². The molecule has 0 bridgehead atoms. The van der Waals surface area contributed by atoms with E-state index >= 15 is 0 Å². The lowest BCUT2D eigenvalue weighted by Gasteiger charge is -2.29. The van der Waals surface area contributed by atoms with Crippen molar-refractivity contribution in [3.63, 3.8) is 0 Å². The number of rotatable bonds is 5. The molecule has 0 atom stereocenters.